The monoisotopic (exact) mass is 251 g/mol. The second-order valence-corrected chi connectivity index (χ2v) is 4.00. The number of benzene rings is 1. The molecule has 2 atom stereocenters. The maximum absolute atomic E-state index is 10.0. The highest BCUT2D eigenvalue weighted by Crippen LogP contribution is 2.29. The minimum atomic E-state index is -1.06. The topological polar surface area (TPSA) is 98.5 Å². The Morgan fingerprint density at radius 2 is 2.17 bits per heavy atom. The molecule has 0 fully saturated rings. The Bertz CT molecular complexity index is 444. The molecule has 0 aliphatic rings. The van der Waals surface area contributed by atoms with Gasteiger partial charge in [-0.3, -0.25) is 0 Å². The number of methoxy groups -OCH3 is 1. The Labute approximate surface area is 105 Å². The molecule has 1 aromatic rings. The van der Waals surface area contributed by atoms with E-state index in [1.807, 2.05) is 13.0 Å². The molecule has 0 spiro atoms. The van der Waals surface area contributed by atoms with Crippen LogP contribution in [0.1, 0.15) is 23.7 Å². The minimum Gasteiger partial charge on any atom is -0.496 e. The SMILES string of the molecule is COc1cc(C)ccc1C(O)C(O)CCN=[N+]=[N-]. The fourth-order valence-corrected chi connectivity index (χ4v) is 1.66. The van der Waals surface area contributed by atoms with Crippen LogP contribution in [0.15, 0.2) is 23.3 Å². The van der Waals surface area contributed by atoms with Gasteiger partial charge in [0.05, 0.1) is 13.2 Å². The molecule has 2 N–H and O–H groups in total. The fourth-order valence-electron chi connectivity index (χ4n) is 1.66. The van der Waals surface area contributed by atoms with Gasteiger partial charge in [-0.25, -0.2) is 0 Å². The first-order valence-corrected chi connectivity index (χ1v) is 5.61. The number of aliphatic hydroxyl groups is 2. The van der Waals surface area contributed by atoms with Crippen LogP contribution >= 0.6 is 0 Å². The fraction of sp³-hybridized carbons (Fsp3) is 0.500. The molecule has 0 radical (unpaired) electrons. The summed E-state index contributed by atoms with van der Waals surface area (Å²) in [6.07, 6.45) is -1.86. The predicted molar refractivity (Wildman–Crippen MR) is 67.3 cm³/mol. The second kappa shape index (κ2) is 6.86. The molecule has 0 saturated carbocycles. The summed E-state index contributed by atoms with van der Waals surface area (Å²) >= 11 is 0. The van der Waals surface area contributed by atoms with Crippen molar-refractivity contribution in [3.63, 3.8) is 0 Å². The predicted octanol–water partition coefficient (Wildman–Crippen LogP) is 2.10. The van der Waals surface area contributed by atoms with Crippen LogP contribution in [-0.4, -0.2) is 30.0 Å². The number of nitrogens with zero attached hydrogens (tertiary/aromatic N) is 3. The molecule has 0 amide bonds. The summed E-state index contributed by atoms with van der Waals surface area (Å²) in [5.74, 6) is 0.533. The van der Waals surface area contributed by atoms with Crippen molar-refractivity contribution in [1.29, 1.82) is 0 Å². The first kappa shape index (κ1) is 14.3. The molecule has 1 rings (SSSR count). The number of rotatable bonds is 6. The largest absolute Gasteiger partial charge is 0.496 e. The Morgan fingerprint density at radius 3 is 2.78 bits per heavy atom. The zero-order chi connectivity index (χ0) is 13.5. The van der Waals surface area contributed by atoms with Gasteiger partial charge in [0, 0.05) is 17.0 Å². The lowest BCUT2D eigenvalue weighted by molar-refractivity contribution is 0.0137. The zero-order valence-electron chi connectivity index (χ0n) is 10.4. The van der Waals surface area contributed by atoms with E-state index < -0.39 is 12.2 Å². The van der Waals surface area contributed by atoms with Crippen molar-refractivity contribution in [2.24, 2.45) is 5.11 Å². The number of hydrogen-bond donors (Lipinski definition) is 2. The third kappa shape index (κ3) is 3.63. The van der Waals surface area contributed by atoms with E-state index in [0.29, 0.717) is 11.3 Å². The highest BCUT2D eigenvalue weighted by molar-refractivity contribution is 5.39. The molecule has 0 aliphatic carbocycles. The van der Waals surface area contributed by atoms with Gasteiger partial charge in [0.1, 0.15) is 11.9 Å². The van der Waals surface area contributed by atoms with Gasteiger partial charge in [-0.1, -0.05) is 17.2 Å². The highest BCUT2D eigenvalue weighted by atomic mass is 16.5. The molecule has 18 heavy (non-hydrogen) atoms. The summed E-state index contributed by atoms with van der Waals surface area (Å²) in [6, 6.07) is 5.34. The van der Waals surface area contributed by atoms with Crippen molar-refractivity contribution in [3.8, 4) is 5.75 Å². The number of ether oxygens (including phenoxy) is 1. The molecular formula is C12H17N3O3. The lowest BCUT2D eigenvalue weighted by Crippen LogP contribution is -2.19. The summed E-state index contributed by atoms with van der Waals surface area (Å²) in [7, 11) is 1.51. The molecular weight excluding hydrogens is 234 g/mol. The lowest BCUT2D eigenvalue weighted by Gasteiger charge is -2.20. The Kier molecular flexibility index (Phi) is 5.45. The van der Waals surface area contributed by atoms with Crippen LogP contribution in [0, 0.1) is 6.92 Å². The average molecular weight is 251 g/mol. The quantitative estimate of drug-likeness (QED) is 0.460. The highest BCUT2D eigenvalue weighted by Gasteiger charge is 2.21. The van der Waals surface area contributed by atoms with E-state index >= 15 is 0 Å². The number of hydrogen-bond acceptors (Lipinski definition) is 4. The third-order valence-electron chi connectivity index (χ3n) is 2.66. The third-order valence-corrected chi connectivity index (χ3v) is 2.66. The van der Waals surface area contributed by atoms with E-state index in [4.69, 9.17) is 10.3 Å². The molecule has 0 heterocycles. The minimum absolute atomic E-state index is 0.142. The van der Waals surface area contributed by atoms with Gasteiger partial charge >= 0.3 is 0 Å². The first-order chi connectivity index (χ1) is 8.60. The summed E-state index contributed by atoms with van der Waals surface area (Å²) < 4.78 is 5.17. The first-order valence-electron chi connectivity index (χ1n) is 5.61. The second-order valence-electron chi connectivity index (χ2n) is 4.00. The van der Waals surface area contributed by atoms with Gasteiger partial charge in [0.2, 0.25) is 0 Å². The number of azide groups is 1. The summed E-state index contributed by atoms with van der Waals surface area (Å²) in [4.78, 5) is 2.59. The molecule has 6 nitrogen and oxygen atoms in total. The van der Waals surface area contributed by atoms with Gasteiger partial charge in [0.15, 0.2) is 0 Å². The van der Waals surface area contributed by atoms with Crippen molar-refractivity contribution in [3.05, 3.63) is 39.8 Å². The maximum atomic E-state index is 10.0. The van der Waals surface area contributed by atoms with E-state index in [0.717, 1.165) is 5.56 Å². The van der Waals surface area contributed by atoms with Gasteiger partial charge in [-0.15, -0.1) is 0 Å². The maximum Gasteiger partial charge on any atom is 0.125 e. The normalized spacial score (nSPS) is 13.6. The number of aliphatic hydroxyl groups excluding tert-OH is 2. The van der Waals surface area contributed by atoms with Crippen LogP contribution < -0.4 is 4.74 Å². The van der Waals surface area contributed by atoms with E-state index in [1.54, 1.807) is 12.1 Å². The van der Waals surface area contributed by atoms with Crippen LogP contribution in [0.25, 0.3) is 10.4 Å². The van der Waals surface area contributed by atoms with E-state index in [2.05, 4.69) is 10.0 Å². The zero-order valence-corrected chi connectivity index (χ0v) is 10.4. The molecule has 6 heteroatoms. The molecule has 1 aromatic carbocycles. The van der Waals surface area contributed by atoms with Crippen LogP contribution in [0.3, 0.4) is 0 Å². The van der Waals surface area contributed by atoms with Crippen molar-refractivity contribution < 1.29 is 14.9 Å². The van der Waals surface area contributed by atoms with Crippen molar-refractivity contribution in [2.45, 2.75) is 25.6 Å². The smallest absolute Gasteiger partial charge is 0.125 e. The van der Waals surface area contributed by atoms with Crippen LogP contribution in [-0.2, 0) is 0 Å². The molecule has 0 saturated heterocycles. The molecule has 0 aliphatic heterocycles. The van der Waals surface area contributed by atoms with Gasteiger partial charge < -0.3 is 14.9 Å². The molecule has 2 unspecified atom stereocenters. The van der Waals surface area contributed by atoms with E-state index in [9.17, 15) is 10.2 Å². The van der Waals surface area contributed by atoms with Crippen LogP contribution in [0.5, 0.6) is 5.75 Å². The summed E-state index contributed by atoms with van der Waals surface area (Å²) in [6.45, 7) is 2.06. The summed E-state index contributed by atoms with van der Waals surface area (Å²) in [5.41, 5.74) is 9.67. The standard InChI is InChI=1S/C12H17N3O3/c1-8-3-4-9(11(7-8)18-2)12(17)10(16)5-6-14-15-13/h3-4,7,10,12,16-17H,5-6H2,1-2H3. The van der Waals surface area contributed by atoms with Crippen molar-refractivity contribution in [1.82, 2.24) is 0 Å². The van der Waals surface area contributed by atoms with Gasteiger partial charge in [-0.05, 0) is 30.5 Å². The summed E-state index contributed by atoms with van der Waals surface area (Å²) in [5, 5.41) is 23.1. The van der Waals surface area contributed by atoms with Crippen molar-refractivity contribution >= 4 is 0 Å². The Hall–Kier alpha value is -1.75. The van der Waals surface area contributed by atoms with Crippen LogP contribution in [0.4, 0.5) is 0 Å². The Balaban J connectivity index is 2.82. The average Bonchev–Trinajstić information content (AvgIpc) is 2.37. The number of aryl methyl sites for hydroxylation is 1. The van der Waals surface area contributed by atoms with Crippen LogP contribution in [0.2, 0.25) is 0 Å². The van der Waals surface area contributed by atoms with E-state index in [1.165, 1.54) is 7.11 Å². The molecule has 98 valence electrons. The lowest BCUT2D eigenvalue weighted by atomic mass is 10.00. The molecule has 0 aromatic heterocycles. The molecule has 0 bridgehead atoms. The van der Waals surface area contributed by atoms with Gasteiger partial charge in [0.25, 0.3) is 0 Å². The van der Waals surface area contributed by atoms with Gasteiger partial charge in [-0.2, -0.15) is 0 Å². The Morgan fingerprint density at radius 1 is 1.44 bits per heavy atom. The van der Waals surface area contributed by atoms with Crippen molar-refractivity contribution in [2.75, 3.05) is 13.7 Å². The van der Waals surface area contributed by atoms with E-state index in [-0.39, 0.29) is 13.0 Å².